The van der Waals surface area contributed by atoms with Gasteiger partial charge < -0.3 is 9.47 Å². The van der Waals surface area contributed by atoms with Crippen molar-refractivity contribution in [3.8, 4) is 57.8 Å². The maximum absolute atomic E-state index is 5.99. The van der Waals surface area contributed by atoms with Crippen molar-refractivity contribution in [1.82, 2.24) is 4.98 Å². The van der Waals surface area contributed by atoms with Gasteiger partial charge in [0.2, 0.25) is 0 Å². The number of benzene rings is 3. The van der Waals surface area contributed by atoms with Crippen molar-refractivity contribution < 1.29 is 9.47 Å². The van der Waals surface area contributed by atoms with Gasteiger partial charge in [0.15, 0.2) is 11.5 Å². The largest absolute Gasteiger partial charge is 0.490 e. The molecule has 0 aliphatic rings. The quantitative estimate of drug-likeness (QED) is 0.208. The van der Waals surface area contributed by atoms with Crippen LogP contribution < -0.4 is 9.47 Å². The maximum atomic E-state index is 5.99. The second-order valence-electron chi connectivity index (χ2n) is 7.88. The Kier molecular flexibility index (Phi) is 7.83. The molecular formula is C31H27NO2. The van der Waals surface area contributed by atoms with Crippen molar-refractivity contribution in [2.45, 2.75) is 33.1 Å². The Hall–Kier alpha value is -4.21. The lowest BCUT2D eigenvalue weighted by Crippen LogP contribution is -1.99. The Morgan fingerprint density at radius 3 is 2.53 bits per heavy atom. The van der Waals surface area contributed by atoms with Crippen molar-refractivity contribution in [3.05, 3.63) is 79.0 Å². The van der Waals surface area contributed by atoms with Gasteiger partial charge in [0.25, 0.3) is 0 Å². The molecule has 0 radical (unpaired) electrons. The molecule has 0 aliphatic heterocycles. The third-order valence-electron chi connectivity index (χ3n) is 5.49. The fraction of sp³-hybridized carbons (Fsp3) is 0.194. The third-order valence-corrected chi connectivity index (χ3v) is 5.49. The Labute approximate surface area is 201 Å². The zero-order valence-electron chi connectivity index (χ0n) is 19.6. The van der Waals surface area contributed by atoms with E-state index in [1.165, 1.54) is 5.39 Å². The minimum Gasteiger partial charge on any atom is -0.490 e. The maximum Gasteiger partial charge on any atom is 0.182 e. The van der Waals surface area contributed by atoms with Crippen molar-refractivity contribution >= 4 is 10.8 Å². The summed E-state index contributed by atoms with van der Waals surface area (Å²) in [5, 5.41) is 2.31. The normalized spacial score (nSPS) is 10.1. The summed E-state index contributed by atoms with van der Waals surface area (Å²) in [6, 6.07) is 24.7. The van der Waals surface area contributed by atoms with E-state index < -0.39 is 0 Å². The van der Waals surface area contributed by atoms with Gasteiger partial charge in [-0.25, -0.2) is 0 Å². The van der Waals surface area contributed by atoms with E-state index >= 15 is 0 Å². The van der Waals surface area contributed by atoms with Gasteiger partial charge >= 0.3 is 0 Å². The third kappa shape index (κ3) is 5.58. The molecular weight excluding hydrogens is 418 g/mol. The first-order valence-electron chi connectivity index (χ1n) is 11.6. The first-order valence-corrected chi connectivity index (χ1v) is 11.6. The highest BCUT2D eigenvalue weighted by Gasteiger charge is 2.11. The van der Waals surface area contributed by atoms with E-state index in [1.54, 1.807) is 6.92 Å². The number of pyridine rings is 1. The fourth-order valence-electron chi connectivity index (χ4n) is 3.79. The van der Waals surface area contributed by atoms with Crippen LogP contribution in [0.3, 0.4) is 0 Å². The lowest BCUT2D eigenvalue weighted by Gasteiger charge is -2.12. The van der Waals surface area contributed by atoms with Crippen LogP contribution in [0.2, 0.25) is 0 Å². The molecule has 3 nitrogen and oxygen atoms in total. The summed E-state index contributed by atoms with van der Waals surface area (Å²) in [6.07, 6.45) is 7.81. The zero-order chi connectivity index (χ0) is 23.6. The smallest absolute Gasteiger partial charge is 0.182 e. The zero-order valence-corrected chi connectivity index (χ0v) is 19.6. The number of hydrogen-bond donors (Lipinski definition) is 0. The minimum atomic E-state index is 0.591. The summed E-state index contributed by atoms with van der Waals surface area (Å²) in [6.45, 7) is 4.57. The van der Waals surface area contributed by atoms with Crippen LogP contribution in [-0.2, 0) is 0 Å². The molecule has 0 bridgehead atoms. The monoisotopic (exact) mass is 445 g/mol. The molecule has 0 unspecified atom stereocenters. The van der Waals surface area contributed by atoms with Crippen molar-refractivity contribution in [1.29, 1.82) is 0 Å². The van der Waals surface area contributed by atoms with Crippen molar-refractivity contribution in [2.24, 2.45) is 0 Å². The Morgan fingerprint density at radius 2 is 1.65 bits per heavy atom. The minimum absolute atomic E-state index is 0.591. The number of unbranched alkanes of at least 4 members (excludes halogenated alkanes) is 2. The molecule has 168 valence electrons. The standard InChI is InChI=1S/C31H27NO2/c1-3-5-9-20-33-29-17-16-26(23-30(29)34-21-10-6-4-2)25-13-11-14-27(22-25)31-28-15-8-7-12-24(28)18-19-32-31/h7-8,11-19,22-23H,3,5,9,20H2,1-2H3. The number of rotatable bonds is 8. The van der Waals surface area contributed by atoms with Crippen LogP contribution in [0.25, 0.3) is 33.2 Å². The first-order chi connectivity index (χ1) is 16.8. The van der Waals surface area contributed by atoms with Crippen LogP contribution in [0.15, 0.2) is 79.0 Å². The van der Waals surface area contributed by atoms with Crippen LogP contribution in [0, 0.1) is 23.9 Å². The molecule has 1 aromatic heterocycles. The predicted octanol–water partition coefficient (Wildman–Crippen LogP) is 7.50. The average molecular weight is 446 g/mol. The number of fused-ring (bicyclic) bond motifs is 1. The van der Waals surface area contributed by atoms with Crippen LogP contribution in [0.4, 0.5) is 0 Å². The summed E-state index contributed by atoms with van der Waals surface area (Å²) < 4.78 is 11.7. The van der Waals surface area contributed by atoms with E-state index in [0.717, 1.165) is 47.0 Å². The van der Waals surface area contributed by atoms with Gasteiger partial charge in [-0.3, -0.25) is 4.98 Å². The second-order valence-corrected chi connectivity index (χ2v) is 7.88. The van der Waals surface area contributed by atoms with Gasteiger partial charge in [-0.2, -0.15) is 0 Å². The summed E-state index contributed by atoms with van der Waals surface area (Å²) in [4.78, 5) is 4.67. The highest BCUT2D eigenvalue weighted by Crippen LogP contribution is 2.35. The SMILES string of the molecule is CC#CC#COc1cc(-c2cccc(-c3nccc4ccccc34)c2)ccc1OCCCCC. The fourth-order valence-corrected chi connectivity index (χ4v) is 3.79. The summed E-state index contributed by atoms with van der Waals surface area (Å²) in [5.41, 5.74) is 4.11. The summed E-state index contributed by atoms with van der Waals surface area (Å²) >= 11 is 0. The molecule has 4 aromatic rings. The number of ether oxygens (including phenoxy) is 2. The van der Waals surface area contributed by atoms with Crippen LogP contribution in [-0.4, -0.2) is 11.6 Å². The Balaban J connectivity index is 1.68. The molecule has 0 spiro atoms. The first kappa shape index (κ1) is 23.0. The number of nitrogens with zero attached hydrogens (tertiary/aromatic N) is 1. The van der Waals surface area contributed by atoms with E-state index in [-0.39, 0.29) is 0 Å². The topological polar surface area (TPSA) is 31.4 Å². The molecule has 1 heterocycles. The summed E-state index contributed by atoms with van der Waals surface area (Å²) in [5.74, 6) is 9.42. The highest BCUT2D eigenvalue weighted by molar-refractivity contribution is 5.95. The Morgan fingerprint density at radius 1 is 0.794 bits per heavy atom. The van der Waals surface area contributed by atoms with Crippen molar-refractivity contribution in [2.75, 3.05) is 6.61 Å². The van der Waals surface area contributed by atoms with Gasteiger partial charge in [0.1, 0.15) is 6.11 Å². The lowest BCUT2D eigenvalue weighted by molar-refractivity contribution is 0.295. The Bertz CT molecular complexity index is 1390. The predicted molar refractivity (Wildman–Crippen MR) is 139 cm³/mol. The van der Waals surface area contributed by atoms with E-state index in [0.29, 0.717) is 18.1 Å². The van der Waals surface area contributed by atoms with E-state index in [2.05, 4.69) is 78.2 Å². The number of aromatic nitrogens is 1. The molecule has 0 amide bonds. The molecule has 3 heteroatoms. The van der Waals surface area contributed by atoms with E-state index in [4.69, 9.17) is 9.47 Å². The molecule has 3 aromatic carbocycles. The van der Waals surface area contributed by atoms with Gasteiger partial charge in [-0.1, -0.05) is 74.2 Å². The molecule has 0 saturated carbocycles. The number of hydrogen-bond acceptors (Lipinski definition) is 3. The molecule has 0 atom stereocenters. The molecule has 0 aliphatic carbocycles. The molecule has 0 fully saturated rings. The molecule has 4 rings (SSSR count). The van der Waals surface area contributed by atoms with Gasteiger partial charge in [-0.05, 0) is 60.0 Å². The van der Waals surface area contributed by atoms with E-state index in [9.17, 15) is 0 Å². The summed E-state index contributed by atoms with van der Waals surface area (Å²) in [7, 11) is 0. The van der Waals surface area contributed by atoms with Crippen molar-refractivity contribution in [3.63, 3.8) is 0 Å². The molecule has 0 saturated heterocycles. The second kappa shape index (κ2) is 11.6. The van der Waals surface area contributed by atoms with Gasteiger partial charge in [-0.15, -0.1) is 0 Å². The van der Waals surface area contributed by atoms with Gasteiger partial charge in [0.05, 0.1) is 12.3 Å². The van der Waals surface area contributed by atoms with Gasteiger partial charge in [0, 0.05) is 23.1 Å². The van der Waals surface area contributed by atoms with E-state index in [1.807, 2.05) is 36.5 Å². The molecule has 34 heavy (non-hydrogen) atoms. The van der Waals surface area contributed by atoms with Crippen LogP contribution in [0.1, 0.15) is 33.1 Å². The molecule has 0 N–H and O–H groups in total. The lowest BCUT2D eigenvalue weighted by atomic mass is 9.99. The van der Waals surface area contributed by atoms with Crippen LogP contribution >= 0.6 is 0 Å². The highest BCUT2D eigenvalue weighted by atomic mass is 16.5. The average Bonchev–Trinajstić information content (AvgIpc) is 2.89. The van der Waals surface area contributed by atoms with Crippen LogP contribution in [0.5, 0.6) is 11.5 Å².